The third-order valence-corrected chi connectivity index (χ3v) is 5.26. The minimum Gasteiger partial charge on any atom is -0.398 e. The van der Waals surface area contributed by atoms with Crippen molar-refractivity contribution in [2.75, 3.05) is 5.73 Å². The number of sulfone groups is 1. The Morgan fingerprint density at radius 3 is 2.32 bits per heavy atom. The van der Waals surface area contributed by atoms with Crippen LogP contribution in [-0.2, 0) is 15.6 Å². The van der Waals surface area contributed by atoms with Gasteiger partial charge in [-0.2, -0.15) is 0 Å². The zero-order valence-corrected chi connectivity index (χ0v) is 13.8. The van der Waals surface area contributed by atoms with Gasteiger partial charge in [0, 0.05) is 14.6 Å². The molecule has 0 radical (unpaired) electrons. The van der Waals surface area contributed by atoms with Crippen LogP contribution in [0.3, 0.4) is 0 Å². The van der Waals surface area contributed by atoms with Crippen LogP contribution in [0.15, 0.2) is 56.3 Å². The molecular formula is C13H11Br2NO2S. The molecular weight excluding hydrogens is 394 g/mol. The predicted octanol–water partition coefficient (Wildman–Crippen LogP) is 3.77. The maximum Gasteiger partial charge on any atom is 0.182 e. The predicted molar refractivity (Wildman–Crippen MR) is 83.6 cm³/mol. The fourth-order valence-corrected chi connectivity index (χ4v) is 4.01. The average Bonchev–Trinajstić information content (AvgIpc) is 2.33. The monoisotopic (exact) mass is 403 g/mol. The lowest BCUT2D eigenvalue weighted by molar-refractivity contribution is 0.595. The average molecular weight is 405 g/mol. The van der Waals surface area contributed by atoms with Crippen molar-refractivity contribution in [3.63, 3.8) is 0 Å². The van der Waals surface area contributed by atoms with Crippen LogP contribution in [0, 0.1) is 0 Å². The van der Waals surface area contributed by atoms with Crippen molar-refractivity contribution in [2.24, 2.45) is 0 Å². The highest BCUT2D eigenvalue weighted by Crippen LogP contribution is 2.24. The lowest BCUT2D eigenvalue weighted by Gasteiger charge is -2.08. The number of anilines is 1. The summed E-state index contributed by atoms with van der Waals surface area (Å²) in [5.41, 5.74) is 6.90. The van der Waals surface area contributed by atoms with Crippen LogP contribution in [0.25, 0.3) is 0 Å². The number of nitrogen functional groups attached to an aromatic ring is 1. The molecule has 0 aromatic heterocycles. The number of nitrogens with two attached hydrogens (primary N) is 1. The van der Waals surface area contributed by atoms with E-state index in [1.807, 2.05) is 0 Å². The summed E-state index contributed by atoms with van der Waals surface area (Å²) in [6.45, 7) is 0. The third kappa shape index (κ3) is 3.58. The number of hydrogen-bond donors (Lipinski definition) is 1. The van der Waals surface area contributed by atoms with Crippen molar-refractivity contribution in [1.82, 2.24) is 0 Å². The second kappa shape index (κ2) is 5.64. The molecule has 2 aromatic rings. The molecule has 0 fully saturated rings. The Morgan fingerprint density at radius 1 is 1.00 bits per heavy atom. The van der Waals surface area contributed by atoms with Gasteiger partial charge in [-0.05, 0) is 35.9 Å². The van der Waals surface area contributed by atoms with E-state index >= 15 is 0 Å². The Labute approximate surface area is 129 Å². The van der Waals surface area contributed by atoms with Crippen molar-refractivity contribution in [1.29, 1.82) is 0 Å². The summed E-state index contributed by atoms with van der Waals surface area (Å²) in [4.78, 5) is 0.282. The molecule has 0 aliphatic heterocycles. The molecule has 6 heteroatoms. The van der Waals surface area contributed by atoms with E-state index in [4.69, 9.17) is 5.73 Å². The molecule has 0 aliphatic rings. The first-order valence-corrected chi connectivity index (χ1v) is 8.64. The number of halogens is 2. The number of benzene rings is 2. The normalized spacial score (nSPS) is 11.5. The Bertz CT molecular complexity index is 714. The van der Waals surface area contributed by atoms with E-state index in [-0.39, 0.29) is 10.6 Å². The van der Waals surface area contributed by atoms with Gasteiger partial charge in [0.1, 0.15) is 0 Å². The quantitative estimate of drug-likeness (QED) is 0.792. The molecule has 3 nitrogen and oxygen atoms in total. The SMILES string of the molecule is Nc1cc(Br)ccc1CS(=O)(=O)c1cccc(Br)c1. The highest BCUT2D eigenvalue weighted by Gasteiger charge is 2.17. The first-order valence-electron chi connectivity index (χ1n) is 5.41. The smallest absolute Gasteiger partial charge is 0.182 e. The standard InChI is InChI=1S/C13H11Br2NO2S/c14-10-2-1-3-12(6-10)19(17,18)8-9-4-5-11(15)7-13(9)16/h1-7H,8,16H2. The van der Waals surface area contributed by atoms with Crippen LogP contribution in [0.4, 0.5) is 5.69 Å². The summed E-state index contributed by atoms with van der Waals surface area (Å²) in [6.07, 6.45) is 0. The maximum atomic E-state index is 12.3. The van der Waals surface area contributed by atoms with Gasteiger partial charge in [-0.15, -0.1) is 0 Å². The van der Waals surface area contributed by atoms with Crippen LogP contribution < -0.4 is 5.73 Å². The van der Waals surface area contributed by atoms with Crippen molar-refractivity contribution in [3.8, 4) is 0 Å². The van der Waals surface area contributed by atoms with Gasteiger partial charge in [0.05, 0.1) is 10.6 Å². The van der Waals surface area contributed by atoms with Gasteiger partial charge in [-0.25, -0.2) is 8.42 Å². The molecule has 2 aromatic carbocycles. The van der Waals surface area contributed by atoms with Gasteiger partial charge >= 0.3 is 0 Å². The Morgan fingerprint density at radius 2 is 1.68 bits per heavy atom. The Balaban J connectivity index is 2.36. The first-order chi connectivity index (χ1) is 8.88. The van der Waals surface area contributed by atoms with Crippen LogP contribution >= 0.6 is 31.9 Å². The number of rotatable bonds is 3. The summed E-state index contributed by atoms with van der Waals surface area (Å²) in [5.74, 6) is -0.109. The van der Waals surface area contributed by atoms with Crippen LogP contribution in [0.5, 0.6) is 0 Å². The van der Waals surface area contributed by atoms with E-state index in [1.165, 1.54) is 0 Å². The van der Waals surface area contributed by atoms with E-state index in [2.05, 4.69) is 31.9 Å². The molecule has 0 heterocycles. The summed E-state index contributed by atoms with van der Waals surface area (Å²) in [5, 5.41) is 0. The van der Waals surface area contributed by atoms with Gasteiger partial charge in [0.25, 0.3) is 0 Å². The maximum absolute atomic E-state index is 12.3. The van der Waals surface area contributed by atoms with E-state index in [0.29, 0.717) is 11.3 Å². The fraction of sp³-hybridized carbons (Fsp3) is 0.0769. The molecule has 0 bridgehead atoms. The van der Waals surface area contributed by atoms with Gasteiger partial charge in [-0.1, -0.05) is 44.0 Å². The summed E-state index contributed by atoms with van der Waals surface area (Å²) < 4.78 is 26.2. The molecule has 0 aliphatic carbocycles. The van der Waals surface area contributed by atoms with Gasteiger partial charge in [-0.3, -0.25) is 0 Å². The van der Waals surface area contributed by atoms with Crippen LogP contribution in [0.1, 0.15) is 5.56 Å². The molecule has 2 N–H and O–H groups in total. The highest BCUT2D eigenvalue weighted by molar-refractivity contribution is 9.10. The molecule has 0 saturated heterocycles. The van der Waals surface area contributed by atoms with Crippen molar-refractivity contribution < 1.29 is 8.42 Å². The molecule has 100 valence electrons. The van der Waals surface area contributed by atoms with E-state index in [1.54, 1.807) is 42.5 Å². The highest BCUT2D eigenvalue weighted by atomic mass is 79.9. The minimum absolute atomic E-state index is 0.109. The Hall–Kier alpha value is -0.850. The van der Waals surface area contributed by atoms with Crippen molar-refractivity contribution in [2.45, 2.75) is 10.6 Å². The van der Waals surface area contributed by atoms with Crippen LogP contribution in [-0.4, -0.2) is 8.42 Å². The molecule has 0 amide bonds. The molecule has 2 rings (SSSR count). The first kappa shape index (κ1) is 14.6. The Kier molecular flexibility index (Phi) is 4.32. The van der Waals surface area contributed by atoms with Gasteiger partial charge < -0.3 is 5.73 Å². The van der Waals surface area contributed by atoms with Crippen LogP contribution in [0.2, 0.25) is 0 Å². The van der Waals surface area contributed by atoms with Gasteiger partial charge in [0.15, 0.2) is 9.84 Å². The van der Waals surface area contributed by atoms with E-state index < -0.39 is 9.84 Å². The number of hydrogen-bond acceptors (Lipinski definition) is 3. The largest absolute Gasteiger partial charge is 0.398 e. The third-order valence-electron chi connectivity index (χ3n) is 2.61. The lowest BCUT2D eigenvalue weighted by atomic mass is 10.2. The zero-order chi connectivity index (χ0) is 14.0. The molecule has 0 atom stereocenters. The van der Waals surface area contributed by atoms with E-state index in [0.717, 1.165) is 8.95 Å². The summed E-state index contributed by atoms with van der Waals surface area (Å²) >= 11 is 6.56. The lowest BCUT2D eigenvalue weighted by Crippen LogP contribution is -2.07. The van der Waals surface area contributed by atoms with E-state index in [9.17, 15) is 8.42 Å². The fourth-order valence-electron chi connectivity index (χ4n) is 1.65. The van der Waals surface area contributed by atoms with Crippen molar-refractivity contribution in [3.05, 3.63) is 57.0 Å². The molecule has 0 spiro atoms. The summed E-state index contributed by atoms with van der Waals surface area (Å²) in [7, 11) is -3.40. The van der Waals surface area contributed by atoms with Gasteiger partial charge in [0.2, 0.25) is 0 Å². The topological polar surface area (TPSA) is 60.2 Å². The minimum atomic E-state index is -3.40. The zero-order valence-electron chi connectivity index (χ0n) is 9.81. The molecule has 0 saturated carbocycles. The molecule has 0 unspecified atom stereocenters. The second-order valence-corrected chi connectivity index (χ2v) is 7.88. The summed E-state index contributed by atoms with van der Waals surface area (Å²) in [6, 6.07) is 11.8. The second-order valence-electron chi connectivity index (χ2n) is 4.06. The van der Waals surface area contributed by atoms with Crippen molar-refractivity contribution >= 4 is 47.4 Å². The molecule has 19 heavy (non-hydrogen) atoms.